The minimum atomic E-state index is -4.48. The molecule has 3 aromatic rings. The number of hydrogen-bond donors (Lipinski definition) is 1. The molecule has 0 aliphatic heterocycles. The molecule has 1 aromatic heterocycles. The van der Waals surface area contributed by atoms with Crippen LogP contribution in [0.3, 0.4) is 0 Å². The summed E-state index contributed by atoms with van der Waals surface area (Å²) in [5, 5.41) is 2.66. The van der Waals surface area contributed by atoms with Crippen LogP contribution in [-0.4, -0.2) is 23.7 Å². The maximum absolute atomic E-state index is 12.6. The fraction of sp³-hybridized carbons (Fsp3) is 0.143. The van der Waals surface area contributed by atoms with Gasteiger partial charge in [-0.2, -0.15) is 13.2 Å². The summed E-state index contributed by atoms with van der Waals surface area (Å²) >= 11 is 0. The molecule has 1 amide bonds. The lowest BCUT2D eigenvalue weighted by atomic mass is 10.1. The maximum Gasteiger partial charge on any atom is 0.422 e. The van der Waals surface area contributed by atoms with Gasteiger partial charge in [0.15, 0.2) is 6.61 Å². The molecule has 0 atom stereocenters. The van der Waals surface area contributed by atoms with Crippen molar-refractivity contribution in [1.82, 2.24) is 10.3 Å². The second kappa shape index (κ2) is 9.09. The number of alkyl halides is 3. The van der Waals surface area contributed by atoms with Gasteiger partial charge < -0.3 is 14.8 Å². The van der Waals surface area contributed by atoms with Crippen molar-refractivity contribution in [3.8, 4) is 17.4 Å². The molecule has 0 spiro atoms. The lowest BCUT2D eigenvalue weighted by molar-refractivity contribution is -0.154. The van der Waals surface area contributed by atoms with E-state index in [-0.39, 0.29) is 18.0 Å². The summed E-state index contributed by atoms with van der Waals surface area (Å²) in [6.45, 7) is -1.52. The first kappa shape index (κ1) is 20.2. The van der Waals surface area contributed by atoms with Crippen molar-refractivity contribution in [2.45, 2.75) is 12.7 Å². The van der Waals surface area contributed by atoms with Crippen LogP contribution in [0.1, 0.15) is 15.9 Å². The van der Waals surface area contributed by atoms with Crippen molar-refractivity contribution in [3.63, 3.8) is 0 Å². The molecule has 8 heteroatoms. The van der Waals surface area contributed by atoms with Crippen LogP contribution in [0.4, 0.5) is 13.2 Å². The number of carbonyl (C=O) groups is 1. The van der Waals surface area contributed by atoms with Gasteiger partial charge in [0.2, 0.25) is 5.88 Å². The van der Waals surface area contributed by atoms with Crippen LogP contribution in [0.5, 0.6) is 17.4 Å². The molecule has 0 unspecified atom stereocenters. The first-order valence-corrected chi connectivity index (χ1v) is 8.66. The topological polar surface area (TPSA) is 60.5 Å². The molecule has 3 rings (SSSR count). The summed E-state index contributed by atoms with van der Waals surface area (Å²) in [5.41, 5.74) is 0.615. The van der Waals surface area contributed by atoms with E-state index in [0.29, 0.717) is 17.1 Å². The van der Waals surface area contributed by atoms with Crippen LogP contribution in [-0.2, 0) is 6.54 Å². The number of nitrogens with zero attached hydrogens (tertiary/aromatic N) is 1. The lowest BCUT2D eigenvalue weighted by Crippen LogP contribution is -2.25. The Kier molecular flexibility index (Phi) is 6.33. The second-order valence-electron chi connectivity index (χ2n) is 5.97. The van der Waals surface area contributed by atoms with Crippen LogP contribution >= 0.6 is 0 Å². The maximum atomic E-state index is 12.6. The van der Waals surface area contributed by atoms with E-state index in [1.165, 1.54) is 12.3 Å². The van der Waals surface area contributed by atoms with E-state index in [0.717, 1.165) is 0 Å². The zero-order chi connectivity index (χ0) is 20.7. The van der Waals surface area contributed by atoms with Crippen molar-refractivity contribution in [2.24, 2.45) is 0 Å². The zero-order valence-electron chi connectivity index (χ0n) is 15.1. The summed E-state index contributed by atoms with van der Waals surface area (Å²) in [6, 6.07) is 18.7. The van der Waals surface area contributed by atoms with Crippen molar-refractivity contribution in [2.75, 3.05) is 6.61 Å². The standard InChI is InChI=1S/C21H17F3N2O3/c22-21(23,24)14-28-20-15(7-6-12-25-20)13-26-19(27)17-10-4-5-11-18(17)29-16-8-2-1-3-9-16/h1-12H,13-14H2,(H,26,27). The molecular formula is C21H17F3N2O3. The minimum Gasteiger partial charge on any atom is -0.468 e. The van der Waals surface area contributed by atoms with Crippen LogP contribution in [0.25, 0.3) is 0 Å². The Labute approximate surface area is 165 Å². The summed E-state index contributed by atoms with van der Waals surface area (Å²) in [5.74, 6) is 0.305. The van der Waals surface area contributed by atoms with E-state index in [9.17, 15) is 18.0 Å². The molecule has 0 radical (unpaired) electrons. The number of nitrogens with one attached hydrogen (secondary N) is 1. The van der Waals surface area contributed by atoms with Gasteiger partial charge in [0.25, 0.3) is 5.91 Å². The first-order chi connectivity index (χ1) is 13.9. The van der Waals surface area contributed by atoms with Gasteiger partial charge in [0, 0.05) is 18.3 Å². The predicted molar refractivity (Wildman–Crippen MR) is 99.9 cm³/mol. The molecule has 0 bridgehead atoms. The van der Waals surface area contributed by atoms with Gasteiger partial charge in [-0.25, -0.2) is 4.98 Å². The van der Waals surface area contributed by atoms with Gasteiger partial charge in [-0.1, -0.05) is 36.4 Å². The molecule has 0 saturated carbocycles. The Morgan fingerprint density at radius 3 is 2.45 bits per heavy atom. The van der Waals surface area contributed by atoms with Gasteiger partial charge in [0.1, 0.15) is 11.5 Å². The largest absolute Gasteiger partial charge is 0.468 e. The number of halogens is 3. The SMILES string of the molecule is O=C(NCc1cccnc1OCC(F)(F)F)c1ccccc1Oc1ccccc1. The fourth-order valence-electron chi connectivity index (χ4n) is 2.47. The van der Waals surface area contributed by atoms with Gasteiger partial charge >= 0.3 is 6.18 Å². The predicted octanol–water partition coefficient (Wildman–Crippen LogP) is 4.75. The van der Waals surface area contributed by atoms with Gasteiger partial charge in [-0.05, 0) is 30.3 Å². The average Bonchev–Trinajstić information content (AvgIpc) is 2.71. The number of pyridine rings is 1. The van der Waals surface area contributed by atoms with Crippen molar-refractivity contribution in [3.05, 3.63) is 84.1 Å². The molecule has 2 aromatic carbocycles. The van der Waals surface area contributed by atoms with E-state index >= 15 is 0 Å². The third-order valence-electron chi connectivity index (χ3n) is 3.76. The Morgan fingerprint density at radius 1 is 0.966 bits per heavy atom. The van der Waals surface area contributed by atoms with Crippen LogP contribution in [0.2, 0.25) is 0 Å². The van der Waals surface area contributed by atoms with Crippen LogP contribution in [0, 0.1) is 0 Å². The Balaban J connectivity index is 1.69. The summed E-state index contributed by atoms with van der Waals surface area (Å²) < 4.78 is 47.7. The number of benzene rings is 2. The molecule has 1 heterocycles. The monoisotopic (exact) mass is 402 g/mol. The number of carbonyl (C=O) groups excluding carboxylic acids is 1. The van der Waals surface area contributed by atoms with Crippen molar-refractivity contribution < 1.29 is 27.4 Å². The van der Waals surface area contributed by atoms with E-state index in [4.69, 9.17) is 9.47 Å². The smallest absolute Gasteiger partial charge is 0.422 e. The summed E-state index contributed by atoms with van der Waals surface area (Å²) in [6.07, 6.45) is -3.16. The number of para-hydroxylation sites is 2. The highest BCUT2D eigenvalue weighted by atomic mass is 19.4. The second-order valence-corrected chi connectivity index (χ2v) is 5.97. The quantitative estimate of drug-likeness (QED) is 0.620. The molecule has 29 heavy (non-hydrogen) atoms. The fourth-order valence-corrected chi connectivity index (χ4v) is 2.47. The Hall–Kier alpha value is -3.55. The zero-order valence-corrected chi connectivity index (χ0v) is 15.1. The van der Waals surface area contributed by atoms with Gasteiger partial charge in [-0.3, -0.25) is 4.79 Å². The van der Waals surface area contributed by atoms with Crippen LogP contribution < -0.4 is 14.8 Å². The Bertz CT molecular complexity index is 963. The number of hydrogen-bond acceptors (Lipinski definition) is 4. The molecule has 0 fully saturated rings. The molecule has 0 aliphatic carbocycles. The average molecular weight is 402 g/mol. The minimum absolute atomic E-state index is 0.0560. The number of amides is 1. The molecule has 0 aliphatic rings. The highest BCUT2D eigenvalue weighted by Gasteiger charge is 2.29. The van der Waals surface area contributed by atoms with E-state index < -0.39 is 18.7 Å². The van der Waals surface area contributed by atoms with Crippen LogP contribution in [0.15, 0.2) is 72.9 Å². The first-order valence-electron chi connectivity index (χ1n) is 8.66. The van der Waals surface area contributed by atoms with E-state index in [2.05, 4.69) is 10.3 Å². The summed E-state index contributed by atoms with van der Waals surface area (Å²) in [7, 11) is 0. The van der Waals surface area contributed by atoms with E-state index in [1.54, 1.807) is 42.5 Å². The van der Waals surface area contributed by atoms with Gasteiger partial charge in [0.05, 0.1) is 5.56 Å². The molecule has 5 nitrogen and oxygen atoms in total. The molecule has 150 valence electrons. The number of rotatable bonds is 7. The highest BCUT2D eigenvalue weighted by Crippen LogP contribution is 2.25. The molecule has 1 N–H and O–H groups in total. The summed E-state index contributed by atoms with van der Waals surface area (Å²) in [4.78, 5) is 16.4. The normalized spacial score (nSPS) is 11.0. The number of ether oxygens (including phenoxy) is 2. The van der Waals surface area contributed by atoms with Crippen molar-refractivity contribution in [1.29, 1.82) is 0 Å². The van der Waals surface area contributed by atoms with Gasteiger partial charge in [-0.15, -0.1) is 0 Å². The third-order valence-corrected chi connectivity index (χ3v) is 3.76. The lowest BCUT2D eigenvalue weighted by Gasteiger charge is -2.14. The third kappa shape index (κ3) is 5.97. The van der Waals surface area contributed by atoms with E-state index in [1.807, 2.05) is 18.2 Å². The highest BCUT2D eigenvalue weighted by molar-refractivity contribution is 5.97. The van der Waals surface area contributed by atoms with Crippen molar-refractivity contribution >= 4 is 5.91 Å². The number of aromatic nitrogens is 1. The molecule has 0 saturated heterocycles. The molecular weight excluding hydrogens is 385 g/mol. The Morgan fingerprint density at radius 2 is 1.69 bits per heavy atom.